The molecule has 0 unspecified atom stereocenters. The second-order valence-electron chi connectivity index (χ2n) is 9.22. The first-order chi connectivity index (χ1) is 14.8. The molecule has 31 heavy (non-hydrogen) atoms. The highest BCUT2D eigenvalue weighted by atomic mass is 32.1. The summed E-state index contributed by atoms with van der Waals surface area (Å²) in [4.78, 5) is 16.6. The average molecular weight is 448 g/mol. The van der Waals surface area contributed by atoms with Gasteiger partial charge in [-0.3, -0.25) is 14.6 Å². The Hall–Kier alpha value is -2.00. The number of nitrogens with zero attached hydrogens (tertiary/aromatic N) is 2. The summed E-state index contributed by atoms with van der Waals surface area (Å²) in [6, 6.07) is 5.05. The number of amides is 1. The summed E-state index contributed by atoms with van der Waals surface area (Å²) in [7, 11) is 0. The van der Waals surface area contributed by atoms with Crippen molar-refractivity contribution < 1.29 is 18.7 Å². The number of halogens is 1. The van der Waals surface area contributed by atoms with Gasteiger partial charge in [0, 0.05) is 60.3 Å². The van der Waals surface area contributed by atoms with Crippen molar-refractivity contribution in [3.05, 3.63) is 51.5 Å². The summed E-state index contributed by atoms with van der Waals surface area (Å²) in [5.74, 6) is 0.510. The molecule has 1 aromatic heterocycles. The van der Waals surface area contributed by atoms with E-state index in [1.54, 1.807) is 17.4 Å². The molecule has 1 aromatic carbocycles. The van der Waals surface area contributed by atoms with Crippen molar-refractivity contribution in [1.82, 2.24) is 15.1 Å². The molecule has 1 saturated heterocycles. The molecule has 2 aliphatic heterocycles. The largest absolute Gasteiger partial charge is 0.460 e. The second-order valence-corrected chi connectivity index (χ2v) is 10.0. The molecule has 1 atom stereocenters. The van der Waals surface area contributed by atoms with Gasteiger partial charge in [-0.25, -0.2) is 4.39 Å². The third-order valence-corrected chi connectivity index (χ3v) is 6.08. The van der Waals surface area contributed by atoms with Crippen molar-refractivity contribution >= 4 is 17.2 Å². The predicted octanol–water partition coefficient (Wildman–Crippen LogP) is 3.53. The van der Waals surface area contributed by atoms with Crippen LogP contribution in [0.15, 0.2) is 29.0 Å². The number of ether oxygens (including phenoxy) is 2. The smallest absolute Gasteiger partial charge is 0.234 e. The van der Waals surface area contributed by atoms with Crippen LogP contribution in [-0.4, -0.2) is 54.0 Å². The van der Waals surface area contributed by atoms with E-state index in [0.29, 0.717) is 19.7 Å². The highest BCUT2D eigenvalue weighted by Gasteiger charge is 2.27. The van der Waals surface area contributed by atoms with Gasteiger partial charge < -0.3 is 14.8 Å². The first-order valence-corrected chi connectivity index (χ1v) is 11.6. The Balaban J connectivity index is 1.37. The lowest BCUT2D eigenvalue weighted by atomic mass is 10.1. The number of hydrogen-bond acceptors (Lipinski definition) is 6. The molecule has 1 N–H and O–H groups in total. The van der Waals surface area contributed by atoms with Crippen LogP contribution in [-0.2, 0) is 22.7 Å². The van der Waals surface area contributed by atoms with Crippen molar-refractivity contribution in [3.63, 3.8) is 0 Å². The van der Waals surface area contributed by atoms with Gasteiger partial charge in [-0.15, -0.1) is 0 Å². The van der Waals surface area contributed by atoms with Crippen molar-refractivity contribution in [3.8, 4) is 5.75 Å². The third-order valence-electron chi connectivity index (χ3n) is 5.38. The number of nitrogens with one attached hydrogen (secondary N) is 1. The van der Waals surface area contributed by atoms with Gasteiger partial charge in [-0.1, -0.05) is 0 Å². The van der Waals surface area contributed by atoms with Crippen LogP contribution >= 0.6 is 11.3 Å². The van der Waals surface area contributed by atoms with E-state index in [-0.39, 0.29) is 17.3 Å². The normalized spacial score (nSPS) is 20.2. The average Bonchev–Trinajstić information content (AvgIpc) is 3.22. The molecule has 6 nitrogen and oxygen atoms in total. The van der Waals surface area contributed by atoms with Gasteiger partial charge in [0.15, 0.2) is 0 Å². The predicted molar refractivity (Wildman–Crippen MR) is 118 cm³/mol. The van der Waals surface area contributed by atoms with Gasteiger partial charge in [-0.2, -0.15) is 11.3 Å². The summed E-state index contributed by atoms with van der Waals surface area (Å²) in [6.45, 7) is 10.5. The van der Waals surface area contributed by atoms with Crippen LogP contribution in [0, 0.1) is 5.82 Å². The number of carbonyl (C=O) groups excluding carboxylic acids is 1. The van der Waals surface area contributed by atoms with Crippen molar-refractivity contribution in [2.75, 3.05) is 32.7 Å². The van der Waals surface area contributed by atoms with Gasteiger partial charge in [-0.05, 0) is 44.4 Å². The monoisotopic (exact) mass is 447 g/mol. The van der Waals surface area contributed by atoms with Crippen LogP contribution in [0.5, 0.6) is 5.75 Å². The molecule has 4 rings (SSSR count). The Labute approximate surface area is 186 Å². The molecule has 0 aliphatic carbocycles. The molecular formula is C23H30FN3O3S. The molecule has 8 heteroatoms. The summed E-state index contributed by atoms with van der Waals surface area (Å²) < 4.78 is 26.2. The number of rotatable bonds is 5. The van der Waals surface area contributed by atoms with Gasteiger partial charge in [0.2, 0.25) is 12.2 Å². The van der Waals surface area contributed by atoms with Crippen LogP contribution in [0.1, 0.15) is 43.8 Å². The quantitative estimate of drug-likeness (QED) is 0.760. The fourth-order valence-electron chi connectivity index (χ4n) is 3.98. The van der Waals surface area contributed by atoms with Crippen molar-refractivity contribution in [1.29, 1.82) is 0 Å². The lowest BCUT2D eigenvalue weighted by Gasteiger charge is -2.35. The topological polar surface area (TPSA) is 54.0 Å². The number of hydrogen-bond donors (Lipinski definition) is 1. The van der Waals surface area contributed by atoms with E-state index < -0.39 is 6.29 Å². The Morgan fingerprint density at radius 3 is 2.65 bits per heavy atom. The summed E-state index contributed by atoms with van der Waals surface area (Å²) in [5.41, 5.74) is 2.35. The number of benzene rings is 1. The molecule has 0 saturated carbocycles. The zero-order valence-corrected chi connectivity index (χ0v) is 19.1. The maximum Gasteiger partial charge on any atom is 0.234 e. The Bertz CT molecular complexity index is 906. The molecular weight excluding hydrogens is 417 g/mol. The summed E-state index contributed by atoms with van der Waals surface area (Å²) in [6.07, 6.45) is -0.457. The van der Waals surface area contributed by atoms with Crippen LogP contribution in [0.2, 0.25) is 0 Å². The maximum atomic E-state index is 14.2. The zero-order chi connectivity index (χ0) is 22.0. The SMILES string of the molecule is CC(C)(C)NC(=O)CN1CCN(Cc2cc(F)cc3c2O[C@H](c2ccsc2)OC3)CC1. The maximum absolute atomic E-state index is 14.2. The Morgan fingerprint density at radius 1 is 1.23 bits per heavy atom. The van der Waals surface area contributed by atoms with Gasteiger partial charge in [0.1, 0.15) is 11.6 Å². The molecule has 0 spiro atoms. The number of thiophene rings is 1. The summed E-state index contributed by atoms with van der Waals surface area (Å²) in [5, 5.41) is 7.01. The lowest BCUT2D eigenvalue weighted by molar-refractivity contribution is -0.124. The molecule has 0 bridgehead atoms. The van der Waals surface area contributed by atoms with E-state index in [0.717, 1.165) is 48.6 Å². The molecule has 168 valence electrons. The highest BCUT2D eigenvalue weighted by Crippen LogP contribution is 2.37. The van der Waals surface area contributed by atoms with Crippen molar-refractivity contribution in [2.45, 2.75) is 45.8 Å². The van der Waals surface area contributed by atoms with E-state index in [1.165, 1.54) is 6.07 Å². The molecule has 1 amide bonds. The Kier molecular flexibility index (Phi) is 6.62. The standard InChI is InChI=1S/C23H30FN3O3S/c1-23(2,3)25-20(28)13-27-7-5-26(6-8-27)12-17-10-19(24)11-18-14-29-22(30-21(17)18)16-4-9-31-15-16/h4,9-11,15,22H,5-8,12-14H2,1-3H3,(H,25,28)/t22-/m1/s1. The second kappa shape index (κ2) is 9.24. The number of fused-ring (bicyclic) bond motifs is 1. The fraction of sp³-hybridized carbons (Fsp3) is 0.522. The molecule has 2 aromatic rings. The van der Waals surface area contributed by atoms with E-state index in [9.17, 15) is 9.18 Å². The minimum atomic E-state index is -0.457. The molecule has 3 heterocycles. The summed E-state index contributed by atoms with van der Waals surface area (Å²) >= 11 is 1.60. The van der Waals surface area contributed by atoms with Gasteiger partial charge >= 0.3 is 0 Å². The molecule has 1 fully saturated rings. The number of carbonyl (C=O) groups is 1. The van der Waals surface area contributed by atoms with Crippen LogP contribution in [0.3, 0.4) is 0 Å². The third kappa shape index (κ3) is 5.83. The Morgan fingerprint density at radius 2 is 1.97 bits per heavy atom. The highest BCUT2D eigenvalue weighted by molar-refractivity contribution is 7.07. The van der Waals surface area contributed by atoms with Gasteiger partial charge in [0.05, 0.1) is 13.2 Å². The van der Waals surface area contributed by atoms with Gasteiger partial charge in [0.25, 0.3) is 0 Å². The van der Waals surface area contributed by atoms with E-state index >= 15 is 0 Å². The molecule has 0 radical (unpaired) electrons. The van der Waals surface area contributed by atoms with Crippen LogP contribution < -0.4 is 10.1 Å². The van der Waals surface area contributed by atoms with E-state index in [1.807, 2.05) is 37.6 Å². The van der Waals surface area contributed by atoms with Crippen molar-refractivity contribution in [2.24, 2.45) is 0 Å². The fourth-order valence-corrected chi connectivity index (χ4v) is 4.64. The first kappa shape index (κ1) is 22.2. The minimum absolute atomic E-state index is 0.0491. The van der Waals surface area contributed by atoms with E-state index in [4.69, 9.17) is 9.47 Å². The first-order valence-electron chi connectivity index (χ1n) is 10.6. The molecule has 2 aliphatic rings. The van der Waals surface area contributed by atoms with Crippen LogP contribution in [0.25, 0.3) is 0 Å². The number of piperazine rings is 1. The van der Waals surface area contributed by atoms with E-state index in [2.05, 4.69) is 15.1 Å². The van der Waals surface area contributed by atoms with Crippen LogP contribution in [0.4, 0.5) is 4.39 Å². The minimum Gasteiger partial charge on any atom is -0.460 e. The lowest BCUT2D eigenvalue weighted by Crippen LogP contribution is -2.51. The zero-order valence-electron chi connectivity index (χ0n) is 18.3.